The SMILES string of the molecule is CC1(C)[C@@H]2CC[C@@]1(C)[C@H]([NH2+]C[C@H](O)COC[C@@H]1CCCO1)C2. The first-order chi connectivity index (χ1) is 10.4. The topological polar surface area (TPSA) is 55.3 Å². The van der Waals surface area contributed by atoms with E-state index in [4.69, 9.17) is 9.47 Å². The number of quaternary nitrogens is 1. The third-order valence-corrected chi connectivity index (χ3v) is 7.19. The van der Waals surface area contributed by atoms with Crippen LogP contribution < -0.4 is 5.32 Å². The van der Waals surface area contributed by atoms with Gasteiger partial charge in [-0.2, -0.15) is 0 Å². The summed E-state index contributed by atoms with van der Waals surface area (Å²) in [5.41, 5.74) is 0.880. The molecule has 3 N–H and O–H groups in total. The summed E-state index contributed by atoms with van der Waals surface area (Å²) in [7, 11) is 0. The molecular formula is C18H34NO3+. The van der Waals surface area contributed by atoms with Crippen molar-refractivity contribution in [3.05, 3.63) is 0 Å². The Bertz CT molecular complexity index is 381. The molecule has 4 nitrogen and oxygen atoms in total. The van der Waals surface area contributed by atoms with Gasteiger partial charge in [-0.1, -0.05) is 20.8 Å². The third kappa shape index (κ3) is 2.95. The number of fused-ring (bicyclic) bond motifs is 2. The monoisotopic (exact) mass is 312 g/mol. The Morgan fingerprint density at radius 2 is 2.14 bits per heavy atom. The van der Waals surface area contributed by atoms with Gasteiger partial charge in [0.2, 0.25) is 0 Å². The molecule has 0 spiro atoms. The van der Waals surface area contributed by atoms with Crippen LogP contribution in [0.4, 0.5) is 0 Å². The molecule has 5 atom stereocenters. The van der Waals surface area contributed by atoms with E-state index in [0.717, 1.165) is 31.9 Å². The lowest BCUT2D eigenvalue weighted by molar-refractivity contribution is -0.707. The number of rotatable bonds is 7. The highest BCUT2D eigenvalue weighted by Crippen LogP contribution is 2.64. The average molecular weight is 312 g/mol. The van der Waals surface area contributed by atoms with Crippen molar-refractivity contribution in [2.24, 2.45) is 16.7 Å². The largest absolute Gasteiger partial charge is 0.385 e. The Balaban J connectivity index is 1.37. The summed E-state index contributed by atoms with van der Waals surface area (Å²) in [5, 5.41) is 12.6. The fourth-order valence-electron chi connectivity index (χ4n) is 5.12. The Kier molecular flexibility index (Phi) is 4.84. The zero-order valence-electron chi connectivity index (χ0n) is 14.5. The Morgan fingerprint density at radius 3 is 2.73 bits per heavy atom. The number of hydrogen-bond donors (Lipinski definition) is 2. The van der Waals surface area contributed by atoms with Gasteiger partial charge in [-0.05, 0) is 37.0 Å². The van der Waals surface area contributed by atoms with E-state index in [-0.39, 0.29) is 12.2 Å². The predicted octanol–water partition coefficient (Wildman–Crippen LogP) is 1.32. The molecule has 2 bridgehead atoms. The van der Waals surface area contributed by atoms with Crippen LogP contribution in [0.3, 0.4) is 0 Å². The molecule has 2 saturated carbocycles. The number of aliphatic hydroxyl groups excluding tert-OH is 1. The molecule has 0 aromatic rings. The van der Waals surface area contributed by atoms with Crippen molar-refractivity contribution in [1.82, 2.24) is 0 Å². The smallest absolute Gasteiger partial charge is 0.126 e. The lowest BCUT2D eigenvalue weighted by Gasteiger charge is -2.37. The van der Waals surface area contributed by atoms with Crippen LogP contribution in [0.5, 0.6) is 0 Å². The van der Waals surface area contributed by atoms with Gasteiger partial charge in [0.15, 0.2) is 0 Å². The summed E-state index contributed by atoms with van der Waals surface area (Å²) in [6, 6.07) is 0.661. The van der Waals surface area contributed by atoms with Crippen LogP contribution in [0.15, 0.2) is 0 Å². The standard InChI is InChI=1S/C18H33NO3/c1-17(2)13-6-7-18(17,3)16(9-13)19-10-14(20)11-21-12-15-5-4-8-22-15/h13-16,19-20H,4-12H2,1-3H3/p+1/t13-,14+,15+,16-,18+/m1/s1. The zero-order valence-corrected chi connectivity index (χ0v) is 14.5. The van der Waals surface area contributed by atoms with E-state index >= 15 is 0 Å². The second kappa shape index (κ2) is 6.39. The van der Waals surface area contributed by atoms with Crippen molar-refractivity contribution in [2.45, 2.75) is 71.1 Å². The van der Waals surface area contributed by atoms with E-state index in [1.54, 1.807) is 0 Å². The number of nitrogens with two attached hydrogens (primary N) is 1. The minimum absolute atomic E-state index is 0.251. The minimum Gasteiger partial charge on any atom is -0.385 e. The maximum absolute atomic E-state index is 10.2. The highest BCUT2D eigenvalue weighted by Gasteiger charge is 2.63. The summed E-state index contributed by atoms with van der Waals surface area (Å²) >= 11 is 0. The van der Waals surface area contributed by atoms with Crippen molar-refractivity contribution >= 4 is 0 Å². The molecule has 3 fully saturated rings. The molecule has 0 aromatic heterocycles. The summed E-state index contributed by atoms with van der Waals surface area (Å²) in [6.45, 7) is 10.0. The van der Waals surface area contributed by atoms with E-state index < -0.39 is 0 Å². The summed E-state index contributed by atoms with van der Waals surface area (Å²) in [6.07, 6.45) is 6.17. The van der Waals surface area contributed by atoms with Crippen LogP contribution in [0.1, 0.15) is 52.9 Å². The number of ether oxygens (including phenoxy) is 2. The Morgan fingerprint density at radius 1 is 1.32 bits per heavy atom. The second-order valence-corrected chi connectivity index (χ2v) is 8.51. The third-order valence-electron chi connectivity index (χ3n) is 7.19. The molecule has 4 heteroatoms. The van der Waals surface area contributed by atoms with Gasteiger partial charge in [0.25, 0.3) is 0 Å². The first-order valence-corrected chi connectivity index (χ1v) is 9.14. The molecule has 0 aromatic carbocycles. The van der Waals surface area contributed by atoms with Gasteiger partial charge in [-0.3, -0.25) is 0 Å². The maximum atomic E-state index is 10.2. The van der Waals surface area contributed by atoms with E-state index in [1.807, 2.05) is 0 Å². The molecule has 1 heterocycles. The van der Waals surface area contributed by atoms with Crippen LogP contribution in [0.25, 0.3) is 0 Å². The fraction of sp³-hybridized carbons (Fsp3) is 1.00. The molecule has 0 amide bonds. The summed E-state index contributed by atoms with van der Waals surface area (Å²) in [5.74, 6) is 0.867. The lowest BCUT2D eigenvalue weighted by atomic mass is 9.69. The van der Waals surface area contributed by atoms with Gasteiger partial charge in [-0.15, -0.1) is 0 Å². The highest BCUT2D eigenvalue weighted by molar-refractivity contribution is 5.10. The second-order valence-electron chi connectivity index (χ2n) is 8.51. The number of hydrogen-bond acceptors (Lipinski definition) is 3. The molecule has 2 aliphatic carbocycles. The van der Waals surface area contributed by atoms with Crippen LogP contribution in [-0.4, -0.2) is 49.7 Å². The summed E-state index contributed by atoms with van der Waals surface area (Å²) < 4.78 is 11.2. The van der Waals surface area contributed by atoms with Crippen LogP contribution in [-0.2, 0) is 9.47 Å². The van der Waals surface area contributed by atoms with Crippen LogP contribution in [0, 0.1) is 16.7 Å². The van der Waals surface area contributed by atoms with Gasteiger partial charge in [0, 0.05) is 18.4 Å². The van der Waals surface area contributed by atoms with Crippen molar-refractivity contribution < 1.29 is 19.9 Å². The van der Waals surface area contributed by atoms with Crippen molar-refractivity contribution in [3.63, 3.8) is 0 Å². The predicted molar refractivity (Wildman–Crippen MR) is 85.6 cm³/mol. The van der Waals surface area contributed by atoms with Gasteiger partial charge in [-0.25, -0.2) is 0 Å². The first kappa shape index (κ1) is 16.7. The van der Waals surface area contributed by atoms with Crippen molar-refractivity contribution in [1.29, 1.82) is 0 Å². The van der Waals surface area contributed by atoms with Gasteiger partial charge in [0.1, 0.15) is 12.6 Å². The normalized spacial score (nSPS) is 41.2. The molecular weight excluding hydrogens is 278 g/mol. The lowest BCUT2D eigenvalue weighted by Crippen LogP contribution is -2.94. The molecule has 1 saturated heterocycles. The number of aliphatic hydroxyl groups is 1. The van der Waals surface area contributed by atoms with Gasteiger partial charge < -0.3 is 19.9 Å². The quantitative estimate of drug-likeness (QED) is 0.745. The molecule has 22 heavy (non-hydrogen) atoms. The maximum Gasteiger partial charge on any atom is 0.126 e. The molecule has 0 unspecified atom stereocenters. The highest BCUT2D eigenvalue weighted by atomic mass is 16.5. The molecule has 0 radical (unpaired) electrons. The molecule has 3 aliphatic rings. The molecule has 1 aliphatic heterocycles. The van der Waals surface area contributed by atoms with Crippen LogP contribution in [0.2, 0.25) is 0 Å². The van der Waals surface area contributed by atoms with E-state index in [9.17, 15) is 5.11 Å². The Labute approximate surface area is 134 Å². The van der Waals surface area contributed by atoms with Gasteiger partial charge in [0.05, 0.1) is 25.4 Å². The first-order valence-electron chi connectivity index (χ1n) is 9.14. The van der Waals surface area contributed by atoms with E-state index in [2.05, 4.69) is 26.1 Å². The summed E-state index contributed by atoms with van der Waals surface area (Å²) in [4.78, 5) is 0. The average Bonchev–Trinajstić information content (AvgIpc) is 3.10. The Hall–Kier alpha value is -0.160. The van der Waals surface area contributed by atoms with E-state index in [0.29, 0.717) is 30.1 Å². The van der Waals surface area contributed by atoms with E-state index in [1.165, 1.54) is 19.3 Å². The van der Waals surface area contributed by atoms with Crippen LogP contribution >= 0.6 is 0 Å². The van der Waals surface area contributed by atoms with Crippen molar-refractivity contribution in [3.8, 4) is 0 Å². The minimum atomic E-state index is -0.368. The fourth-order valence-corrected chi connectivity index (χ4v) is 5.12. The van der Waals surface area contributed by atoms with Crippen molar-refractivity contribution in [2.75, 3.05) is 26.4 Å². The molecule has 128 valence electrons. The zero-order chi connectivity index (χ0) is 15.8. The van der Waals surface area contributed by atoms with Gasteiger partial charge >= 0.3 is 0 Å². The molecule has 3 rings (SSSR count).